The fraction of sp³-hybridized carbons (Fsp3) is 0.188. The lowest BCUT2D eigenvalue weighted by Gasteiger charge is -2.19. The van der Waals surface area contributed by atoms with Gasteiger partial charge in [-0.05, 0) is 24.6 Å². The summed E-state index contributed by atoms with van der Waals surface area (Å²) in [6, 6.07) is 10.3. The number of carbonyl (C=O) groups is 1. The Morgan fingerprint density at radius 3 is 2.17 bits per heavy atom. The second kappa shape index (κ2) is 7.53. The highest BCUT2D eigenvalue weighted by Gasteiger charge is 2.27. The largest absolute Gasteiger partial charge is 0.481 e. The molecule has 2 N–H and O–H groups in total. The van der Waals surface area contributed by atoms with Crippen LogP contribution in [0.1, 0.15) is 23.6 Å². The van der Waals surface area contributed by atoms with Crippen LogP contribution in [0, 0.1) is 6.92 Å². The maximum absolute atomic E-state index is 12.6. The van der Waals surface area contributed by atoms with E-state index >= 15 is 0 Å². The van der Waals surface area contributed by atoms with Crippen LogP contribution in [0.4, 0.5) is 0 Å². The quantitative estimate of drug-likeness (QED) is 0.789. The van der Waals surface area contributed by atoms with Gasteiger partial charge in [0.15, 0.2) is 0 Å². The van der Waals surface area contributed by atoms with Crippen LogP contribution < -0.4 is 4.72 Å². The van der Waals surface area contributed by atoms with Gasteiger partial charge < -0.3 is 5.11 Å². The Morgan fingerprint density at radius 1 is 1.12 bits per heavy atom. The van der Waals surface area contributed by atoms with Crippen LogP contribution in [0.5, 0.6) is 0 Å². The lowest BCUT2D eigenvalue weighted by Crippen LogP contribution is -2.30. The van der Waals surface area contributed by atoms with Gasteiger partial charge >= 0.3 is 5.97 Å². The molecular weight excluding hydrogens is 373 g/mol. The molecule has 0 amide bonds. The molecule has 0 saturated carbocycles. The first-order valence-corrected chi connectivity index (χ1v) is 9.19. The first-order chi connectivity index (χ1) is 11.2. The highest BCUT2D eigenvalue weighted by atomic mass is 35.5. The second-order valence-corrected chi connectivity index (χ2v) is 7.70. The molecule has 8 heteroatoms. The Kier molecular flexibility index (Phi) is 5.87. The number of rotatable bonds is 6. The van der Waals surface area contributed by atoms with E-state index in [-0.39, 0.29) is 14.9 Å². The molecule has 5 nitrogen and oxygen atoms in total. The Hall–Kier alpha value is -1.60. The van der Waals surface area contributed by atoms with E-state index in [1.165, 1.54) is 18.2 Å². The number of benzene rings is 2. The van der Waals surface area contributed by atoms with Gasteiger partial charge in [0.2, 0.25) is 10.0 Å². The van der Waals surface area contributed by atoms with Crippen molar-refractivity contribution in [1.82, 2.24) is 4.72 Å². The normalized spacial score (nSPS) is 12.8. The van der Waals surface area contributed by atoms with Gasteiger partial charge in [0, 0.05) is 0 Å². The van der Waals surface area contributed by atoms with Gasteiger partial charge in [0.05, 0.1) is 22.5 Å². The summed E-state index contributed by atoms with van der Waals surface area (Å²) < 4.78 is 27.6. The maximum atomic E-state index is 12.6. The molecule has 0 aliphatic carbocycles. The van der Waals surface area contributed by atoms with Gasteiger partial charge in [0.25, 0.3) is 0 Å². The molecule has 0 aromatic heterocycles. The molecule has 24 heavy (non-hydrogen) atoms. The summed E-state index contributed by atoms with van der Waals surface area (Å²) in [5, 5.41) is 9.02. The summed E-state index contributed by atoms with van der Waals surface area (Å²) in [7, 11) is -4.10. The fourth-order valence-corrected chi connectivity index (χ4v) is 4.55. The Balaban J connectivity index is 2.41. The van der Waals surface area contributed by atoms with E-state index in [4.69, 9.17) is 28.3 Å². The summed E-state index contributed by atoms with van der Waals surface area (Å²) in [5.41, 5.74) is 1.51. The highest BCUT2D eigenvalue weighted by molar-refractivity contribution is 7.89. The van der Waals surface area contributed by atoms with Gasteiger partial charge in [-0.2, -0.15) is 0 Å². The van der Waals surface area contributed by atoms with Crippen molar-refractivity contribution in [3.8, 4) is 0 Å². The number of sulfonamides is 1. The number of hydrogen-bond donors (Lipinski definition) is 2. The summed E-state index contributed by atoms with van der Waals surface area (Å²) in [4.78, 5) is 10.9. The predicted octanol–water partition coefficient (Wildman–Crippen LogP) is 3.80. The molecular formula is C16H15Cl2NO4S. The Labute approximate surface area is 150 Å². The van der Waals surface area contributed by atoms with E-state index in [0.717, 1.165) is 5.56 Å². The van der Waals surface area contributed by atoms with Gasteiger partial charge in [-0.15, -0.1) is 0 Å². The van der Waals surface area contributed by atoms with Crippen molar-refractivity contribution in [2.45, 2.75) is 24.3 Å². The van der Waals surface area contributed by atoms with Crippen LogP contribution in [0.2, 0.25) is 10.0 Å². The fourth-order valence-electron chi connectivity index (χ4n) is 2.19. The standard InChI is InChI=1S/C16H15Cl2NO4S/c1-10-5-7-11(8-6-10)14(9-15(20)21)19-24(22,23)16-12(17)3-2-4-13(16)18/h2-8,14,19H,9H2,1H3,(H,20,21)/t14-/m0/s1. The summed E-state index contributed by atoms with van der Waals surface area (Å²) in [6.45, 7) is 1.88. The van der Waals surface area contributed by atoms with E-state index in [1.54, 1.807) is 24.3 Å². The molecule has 0 bridgehead atoms. The summed E-state index contributed by atoms with van der Waals surface area (Å²) >= 11 is 11.9. The topological polar surface area (TPSA) is 83.5 Å². The zero-order valence-electron chi connectivity index (χ0n) is 12.7. The lowest BCUT2D eigenvalue weighted by molar-refractivity contribution is -0.137. The van der Waals surface area contributed by atoms with Crippen molar-refractivity contribution in [1.29, 1.82) is 0 Å². The highest BCUT2D eigenvalue weighted by Crippen LogP contribution is 2.30. The van der Waals surface area contributed by atoms with Crippen LogP contribution in [0.15, 0.2) is 47.4 Å². The minimum absolute atomic E-state index is 0.0343. The minimum Gasteiger partial charge on any atom is -0.481 e. The second-order valence-electron chi connectivity index (χ2n) is 5.23. The molecule has 0 aliphatic rings. The van der Waals surface area contributed by atoms with Crippen molar-refractivity contribution < 1.29 is 18.3 Å². The Bertz CT molecular complexity index is 831. The molecule has 0 saturated heterocycles. The molecule has 0 aliphatic heterocycles. The Morgan fingerprint density at radius 2 is 1.67 bits per heavy atom. The molecule has 1 atom stereocenters. The number of nitrogens with one attached hydrogen (secondary N) is 1. The monoisotopic (exact) mass is 387 g/mol. The first kappa shape index (κ1) is 18.7. The average Bonchev–Trinajstić information content (AvgIpc) is 2.46. The molecule has 0 unspecified atom stereocenters. The molecule has 2 aromatic rings. The zero-order chi connectivity index (χ0) is 17.9. The minimum atomic E-state index is -4.10. The SMILES string of the molecule is Cc1ccc([C@H](CC(=O)O)NS(=O)(=O)c2c(Cl)cccc2Cl)cc1. The summed E-state index contributed by atoms with van der Waals surface area (Å²) in [5.74, 6) is -1.13. The van der Waals surface area contributed by atoms with E-state index in [9.17, 15) is 13.2 Å². The molecule has 2 rings (SSSR count). The van der Waals surface area contributed by atoms with Gasteiger partial charge in [-0.25, -0.2) is 13.1 Å². The lowest BCUT2D eigenvalue weighted by atomic mass is 10.0. The van der Waals surface area contributed by atoms with Crippen molar-refractivity contribution in [3.63, 3.8) is 0 Å². The van der Waals surface area contributed by atoms with Crippen molar-refractivity contribution in [2.24, 2.45) is 0 Å². The smallest absolute Gasteiger partial charge is 0.305 e. The third-order valence-electron chi connectivity index (χ3n) is 3.34. The molecule has 0 spiro atoms. The van der Waals surface area contributed by atoms with E-state index < -0.39 is 28.5 Å². The van der Waals surface area contributed by atoms with Crippen LogP contribution in [0.3, 0.4) is 0 Å². The molecule has 2 aromatic carbocycles. The van der Waals surface area contributed by atoms with Crippen LogP contribution in [-0.4, -0.2) is 19.5 Å². The number of carboxylic acid groups (broad SMARTS) is 1. The third kappa shape index (κ3) is 4.48. The number of hydrogen-bond acceptors (Lipinski definition) is 3. The number of carboxylic acids is 1. The van der Waals surface area contributed by atoms with Gasteiger partial charge in [-0.1, -0.05) is 59.1 Å². The van der Waals surface area contributed by atoms with E-state index in [2.05, 4.69) is 4.72 Å². The average molecular weight is 388 g/mol. The summed E-state index contributed by atoms with van der Waals surface area (Å²) in [6.07, 6.45) is -0.412. The predicted molar refractivity (Wildman–Crippen MR) is 93.0 cm³/mol. The van der Waals surface area contributed by atoms with Crippen LogP contribution >= 0.6 is 23.2 Å². The van der Waals surface area contributed by atoms with E-state index in [0.29, 0.717) is 5.56 Å². The number of aliphatic carboxylic acids is 1. The van der Waals surface area contributed by atoms with Crippen molar-refractivity contribution in [2.75, 3.05) is 0 Å². The molecule has 0 fully saturated rings. The van der Waals surface area contributed by atoms with Crippen molar-refractivity contribution in [3.05, 3.63) is 63.6 Å². The zero-order valence-corrected chi connectivity index (χ0v) is 15.0. The van der Waals surface area contributed by atoms with Crippen LogP contribution in [-0.2, 0) is 14.8 Å². The number of halogens is 2. The number of aryl methyl sites for hydroxylation is 1. The van der Waals surface area contributed by atoms with Gasteiger partial charge in [0.1, 0.15) is 4.90 Å². The molecule has 0 heterocycles. The van der Waals surface area contributed by atoms with Crippen molar-refractivity contribution >= 4 is 39.2 Å². The van der Waals surface area contributed by atoms with Gasteiger partial charge in [-0.3, -0.25) is 4.79 Å². The van der Waals surface area contributed by atoms with E-state index in [1.807, 2.05) is 6.92 Å². The third-order valence-corrected chi connectivity index (χ3v) is 5.77. The van der Waals surface area contributed by atoms with Crippen LogP contribution in [0.25, 0.3) is 0 Å². The first-order valence-electron chi connectivity index (χ1n) is 6.95. The molecule has 128 valence electrons. The maximum Gasteiger partial charge on any atom is 0.305 e. The molecule has 0 radical (unpaired) electrons.